The number of carbonyl (C=O) groups excluding carboxylic acids is 1. The van der Waals surface area contributed by atoms with E-state index in [1.54, 1.807) is 7.05 Å². The molecule has 0 radical (unpaired) electrons. The highest BCUT2D eigenvalue weighted by Gasteiger charge is 2.28. The van der Waals surface area contributed by atoms with Gasteiger partial charge in [-0.3, -0.25) is 10.0 Å². The first-order chi connectivity index (χ1) is 4.25. The van der Waals surface area contributed by atoms with Crippen molar-refractivity contribution < 1.29 is 10.0 Å². The van der Waals surface area contributed by atoms with Crippen molar-refractivity contribution in [3.63, 3.8) is 0 Å². The molecule has 0 saturated carbocycles. The van der Waals surface area contributed by atoms with Crippen LogP contribution in [-0.4, -0.2) is 35.8 Å². The Hall–Kier alpha value is -0.610. The summed E-state index contributed by atoms with van der Waals surface area (Å²) in [7, 11) is 1.71. The Morgan fingerprint density at radius 1 is 1.89 bits per heavy atom. The van der Waals surface area contributed by atoms with Gasteiger partial charge in [-0.15, -0.1) is 0 Å². The first-order valence-electron chi connectivity index (χ1n) is 2.93. The molecule has 1 heterocycles. The number of hydroxylamine groups is 2. The van der Waals surface area contributed by atoms with Gasteiger partial charge in [-0.2, -0.15) is 0 Å². The second-order valence-corrected chi connectivity index (χ2v) is 2.09. The summed E-state index contributed by atoms with van der Waals surface area (Å²) in [5.41, 5.74) is 0. The molecule has 0 bridgehead atoms. The molecule has 9 heavy (non-hydrogen) atoms. The van der Waals surface area contributed by atoms with Gasteiger partial charge in [0.1, 0.15) is 0 Å². The van der Waals surface area contributed by atoms with Gasteiger partial charge in [-0.25, -0.2) is 5.06 Å². The monoisotopic (exact) mass is 130 g/mol. The zero-order chi connectivity index (χ0) is 6.85. The van der Waals surface area contributed by atoms with E-state index >= 15 is 0 Å². The van der Waals surface area contributed by atoms with Gasteiger partial charge in [0.15, 0.2) is 0 Å². The third-order valence-corrected chi connectivity index (χ3v) is 1.53. The third-order valence-electron chi connectivity index (χ3n) is 1.53. The summed E-state index contributed by atoms with van der Waals surface area (Å²) in [5.74, 6) is -0.225. The van der Waals surface area contributed by atoms with Crippen LogP contribution in [0.3, 0.4) is 0 Å². The minimum atomic E-state index is -0.225. The van der Waals surface area contributed by atoms with E-state index in [0.717, 1.165) is 5.06 Å². The van der Waals surface area contributed by atoms with Crippen LogP contribution in [0.4, 0.5) is 0 Å². The zero-order valence-electron chi connectivity index (χ0n) is 5.29. The van der Waals surface area contributed by atoms with Crippen LogP contribution in [0.15, 0.2) is 0 Å². The van der Waals surface area contributed by atoms with E-state index in [1.807, 2.05) is 0 Å². The SMILES string of the molecule is CNC1CCN(O)C1=O. The molecule has 0 aromatic heterocycles. The van der Waals surface area contributed by atoms with E-state index < -0.39 is 0 Å². The topological polar surface area (TPSA) is 52.6 Å². The molecule has 4 nitrogen and oxygen atoms in total. The largest absolute Gasteiger partial charge is 0.309 e. The fraction of sp³-hybridized carbons (Fsp3) is 0.800. The summed E-state index contributed by atoms with van der Waals surface area (Å²) in [6.07, 6.45) is 0.700. The molecule has 4 heteroatoms. The van der Waals surface area contributed by atoms with E-state index in [0.29, 0.717) is 13.0 Å². The summed E-state index contributed by atoms with van der Waals surface area (Å²) in [6, 6.07) is -0.171. The number of nitrogens with zero attached hydrogens (tertiary/aromatic N) is 1. The predicted molar refractivity (Wildman–Crippen MR) is 31.0 cm³/mol. The molecule has 0 aromatic rings. The van der Waals surface area contributed by atoms with Crippen molar-refractivity contribution in [3.05, 3.63) is 0 Å². The molecule has 2 N–H and O–H groups in total. The second-order valence-electron chi connectivity index (χ2n) is 2.09. The Labute approximate surface area is 53.4 Å². The molecule has 1 fully saturated rings. The summed E-state index contributed by atoms with van der Waals surface area (Å²) in [4.78, 5) is 10.7. The molecule has 1 aliphatic rings. The smallest absolute Gasteiger partial charge is 0.263 e. The van der Waals surface area contributed by atoms with Gasteiger partial charge in [0, 0.05) is 0 Å². The number of hydrogen-bond acceptors (Lipinski definition) is 3. The van der Waals surface area contributed by atoms with Crippen molar-refractivity contribution in [2.75, 3.05) is 13.6 Å². The van der Waals surface area contributed by atoms with Crippen molar-refractivity contribution in [1.29, 1.82) is 0 Å². The van der Waals surface area contributed by atoms with Crippen LogP contribution in [0.5, 0.6) is 0 Å². The van der Waals surface area contributed by atoms with Gasteiger partial charge in [0.25, 0.3) is 5.91 Å². The van der Waals surface area contributed by atoms with E-state index in [-0.39, 0.29) is 11.9 Å². The lowest BCUT2D eigenvalue weighted by molar-refractivity contribution is -0.158. The van der Waals surface area contributed by atoms with Crippen LogP contribution in [0.1, 0.15) is 6.42 Å². The Kier molecular flexibility index (Phi) is 1.68. The van der Waals surface area contributed by atoms with Gasteiger partial charge in [-0.05, 0) is 13.5 Å². The molecule has 0 aliphatic carbocycles. The number of hydrogen-bond donors (Lipinski definition) is 2. The van der Waals surface area contributed by atoms with E-state index in [1.165, 1.54) is 0 Å². The Balaban J connectivity index is 2.51. The average Bonchev–Trinajstić information content (AvgIpc) is 2.15. The van der Waals surface area contributed by atoms with E-state index in [4.69, 9.17) is 5.21 Å². The minimum absolute atomic E-state index is 0.171. The highest BCUT2D eigenvalue weighted by molar-refractivity contribution is 5.82. The molecule has 1 rings (SSSR count). The summed E-state index contributed by atoms with van der Waals surface area (Å²) in [5, 5.41) is 12.3. The molecule has 52 valence electrons. The number of likely N-dealkylation sites (N-methyl/N-ethyl adjacent to an activating group) is 1. The molecular weight excluding hydrogens is 120 g/mol. The maximum absolute atomic E-state index is 10.7. The van der Waals surface area contributed by atoms with Gasteiger partial charge >= 0.3 is 0 Å². The molecule has 1 unspecified atom stereocenters. The van der Waals surface area contributed by atoms with Crippen LogP contribution in [0.25, 0.3) is 0 Å². The number of amides is 1. The number of rotatable bonds is 1. The Morgan fingerprint density at radius 2 is 2.56 bits per heavy atom. The highest BCUT2D eigenvalue weighted by atomic mass is 16.5. The maximum atomic E-state index is 10.7. The van der Waals surface area contributed by atoms with Gasteiger partial charge in [-0.1, -0.05) is 0 Å². The van der Waals surface area contributed by atoms with Crippen LogP contribution < -0.4 is 5.32 Å². The van der Waals surface area contributed by atoms with Crippen LogP contribution >= 0.6 is 0 Å². The maximum Gasteiger partial charge on any atom is 0.263 e. The van der Waals surface area contributed by atoms with Crippen molar-refractivity contribution in [1.82, 2.24) is 10.4 Å². The molecule has 1 atom stereocenters. The van der Waals surface area contributed by atoms with Gasteiger partial charge in [0.2, 0.25) is 0 Å². The lowest BCUT2D eigenvalue weighted by Crippen LogP contribution is -2.34. The Morgan fingerprint density at radius 3 is 2.78 bits per heavy atom. The summed E-state index contributed by atoms with van der Waals surface area (Å²) in [6.45, 7) is 0.449. The summed E-state index contributed by atoms with van der Waals surface area (Å²) < 4.78 is 0. The normalized spacial score (nSPS) is 27.6. The highest BCUT2D eigenvalue weighted by Crippen LogP contribution is 2.06. The average molecular weight is 130 g/mol. The molecule has 1 aliphatic heterocycles. The standard InChI is InChI=1S/C5H10N2O2/c1-6-4-2-3-7(9)5(4)8/h4,6,9H,2-3H2,1H3. The number of carbonyl (C=O) groups is 1. The third kappa shape index (κ3) is 1.04. The Bertz CT molecular complexity index is 126. The van der Waals surface area contributed by atoms with E-state index in [2.05, 4.69) is 5.32 Å². The lowest BCUT2D eigenvalue weighted by Gasteiger charge is -2.05. The molecular formula is C5H10N2O2. The molecule has 0 spiro atoms. The lowest BCUT2D eigenvalue weighted by atomic mass is 10.3. The predicted octanol–water partition coefficient (Wildman–Crippen LogP) is -0.804. The first kappa shape index (κ1) is 6.51. The van der Waals surface area contributed by atoms with Crippen LogP contribution in [0.2, 0.25) is 0 Å². The number of nitrogens with one attached hydrogen (secondary N) is 1. The minimum Gasteiger partial charge on any atom is -0.309 e. The second kappa shape index (κ2) is 2.33. The van der Waals surface area contributed by atoms with Crippen molar-refractivity contribution in [3.8, 4) is 0 Å². The fourth-order valence-corrected chi connectivity index (χ4v) is 0.933. The summed E-state index contributed by atoms with van der Waals surface area (Å²) >= 11 is 0. The fourth-order valence-electron chi connectivity index (χ4n) is 0.933. The molecule has 0 aromatic carbocycles. The molecule has 1 amide bonds. The van der Waals surface area contributed by atoms with E-state index in [9.17, 15) is 4.79 Å². The van der Waals surface area contributed by atoms with Crippen LogP contribution in [-0.2, 0) is 4.79 Å². The quantitative estimate of drug-likeness (QED) is 0.457. The van der Waals surface area contributed by atoms with Gasteiger partial charge < -0.3 is 5.32 Å². The van der Waals surface area contributed by atoms with Crippen molar-refractivity contribution in [2.45, 2.75) is 12.5 Å². The van der Waals surface area contributed by atoms with Gasteiger partial charge in [0.05, 0.1) is 12.6 Å². The molecule has 1 saturated heterocycles. The van der Waals surface area contributed by atoms with Crippen molar-refractivity contribution >= 4 is 5.91 Å². The van der Waals surface area contributed by atoms with Crippen LogP contribution in [0, 0.1) is 0 Å². The first-order valence-corrected chi connectivity index (χ1v) is 2.93. The zero-order valence-corrected chi connectivity index (χ0v) is 5.29. The van der Waals surface area contributed by atoms with Crippen molar-refractivity contribution in [2.24, 2.45) is 0 Å².